The maximum absolute atomic E-state index is 13.1. The van der Waals surface area contributed by atoms with Gasteiger partial charge in [-0.3, -0.25) is 9.59 Å². The van der Waals surface area contributed by atoms with E-state index in [2.05, 4.69) is 53.3 Å². The average molecular weight is 649 g/mol. The summed E-state index contributed by atoms with van der Waals surface area (Å²) in [4.78, 5) is 31.2. The fraction of sp³-hybridized carbons (Fsp3) is 0.289. The molecule has 47 heavy (non-hydrogen) atoms. The molecule has 0 saturated heterocycles. The molecule has 0 spiro atoms. The molecule has 1 saturated carbocycles. The van der Waals surface area contributed by atoms with Crippen LogP contribution in [0.3, 0.4) is 0 Å². The number of anilines is 1. The lowest BCUT2D eigenvalue weighted by Gasteiger charge is -2.19. The van der Waals surface area contributed by atoms with Gasteiger partial charge in [0.15, 0.2) is 9.84 Å². The van der Waals surface area contributed by atoms with Gasteiger partial charge in [-0.25, -0.2) is 13.4 Å². The first-order valence-corrected chi connectivity index (χ1v) is 17.9. The van der Waals surface area contributed by atoms with Gasteiger partial charge >= 0.3 is 0 Å². The Morgan fingerprint density at radius 3 is 2.26 bits per heavy atom. The molecule has 1 aliphatic rings. The van der Waals surface area contributed by atoms with E-state index >= 15 is 0 Å². The predicted molar refractivity (Wildman–Crippen MR) is 186 cm³/mol. The minimum absolute atomic E-state index is 0.0303. The van der Waals surface area contributed by atoms with Crippen molar-refractivity contribution in [2.75, 3.05) is 11.1 Å². The van der Waals surface area contributed by atoms with E-state index in [0.29, 0.717) is 11.3 Å². The second-order valence-corrected chi connectivity index (χ2v) is 14.7. The monoisotopic (exact) mass is 648 g/mol. The van der Waals surface area contributed by atoms with E-state index in [0.717, 1.165) is 59.2 Å². The summed E-state index contributed by atoms with van der Waals surface area (Å²) in [5.74, 6) is 0.528. The number of rotatable bonds is 10. The van der Waals surface area contributed by atoms with Crippen molar-refractivity contribution in [2.24, 2.45) is 0 Å². The third-order valence-electron chi connectivity index (χ3n) is 9.04. The standard InChI is InChI=1S/C38H40N4O4S/c1-4-47(45,46)33-20-11-27(12-21-33)23-36(43)39-32-18-15-29(16-19-32)37-41-34-24-30(38(44)40-31-7-5-6-8-31)17-22-35(34)42(37)26(3)28-13-9-25(2)10-14-28/h9-22,24,26,31H,4-8,23H2,1-3H3,(H,39,43)(H,40,44). The first-order valence-electron chi connectivity index (χ1n) is 16.2. The second-order valence-electron chi connectivity index (χ2n) is 12.4. The van der Waals surface area contributed by atoms with Gasteiger partial charge in [0.1, 0.15) is 5.82 Å². The van der Waals surface area contributed by atoms with E-state index in [1.807, 2.05) is 42.5 Å². The zero-order valence-corrected chi connectivity index (χ0v) is 27.8. The number of amides is 2. The number of carbonyl (C=O) groups excluding carboxylic acids is 2. The Morgan fingerprint density at radius 1 is 0.915 bits per heavy atom. The molecule has 0 aliphatic heterocycles. The molecule has 2 N–H and O–H groups in total. The molecular formula is C38H40N4O4S. The Morgan fingerprint density at radius 2 is 1.60 bits per heavy atom. The van der Waals surface area contributed by atoms with Gasteiger partial charge in [-0.15, -0.1) is 0 Å². The summed E-state index contributed by atoms with van der Waals surface area (Å²) >= 11 is 0. The molecule has 5 aromatic rings. The molecule has 0 bridgehead atoms. The van der Waals surface area contributed by atoms with E-state index in [1.54, 1.807) is 31.2 Å². The molecule has 1 heterocycles. The molecule has 9 heteroatoms. The van der Waals surface area contributed by atoms with Crippen LogP contribution in [0.15, 0.2) is 95.9 Å². The van der Waals surface area contributed by atoms with Crippen LogP contribution in [0.2, 0.25) is 0 Å². The summed E-state index contributed by atoms with van der Waals surface area (Å²) in [6.45, 7) is 5.83. The third-order valence-corrected chi connectivity index (χ3v) is 10.8. The number of nitrogens with one attached hydrogen (secondary N) is 2. The number of aryl methyl sites for hydroxylation is 1. The third kappa shape index (κ3) is 7.15. The Labute approximate surface area is 276 Å². The fourth-order valence-electron chi connectivity index (χ4n) is 6.24. The van der Waals surface area contributed by atoms with Crippen LogP contribution < -0.4 is 10.6 Å². The van der Waals surface area contributed by atoms with Crippen molar-refractivity contribution in [3.63, 3.8) is 0 Å². The highest BCUT2D eigenvalue weighted by atomic mass is 32.2. The SMILES string of the molecule is CCS(=O)(=O)c1ccc(CC(=O)Nc2ccc(-c3nc4cc(C(=O)NC5CCCC5)ccc4n3C(C)c3ccc(C)cc3)cc2)cc1. The Balaban J connectivity index is 1.26. The van der Waals surface area contributed by atoms with Crippen LogP contribution in [0, 0.1) is 6.92 Å². The molecule has 1 aromatic heterocycles. The lowest BCUT2D eigenvalue weighted by atomic mass is 10.1. The number of imidazole rings is 1. The predicted octanol–water partition coefficient (Wildman–Crippen LogP) is 7.27. The lowest BCUT2D eigenvalue weighted by Crippen LogP contribution is -2.32. The van der Waals surface area contributed by atoms with Crippen molar-refractivity contribution in [3.8, 4) is 11.4 Å². The summed E-state index contributed by atoms with van der Waals surface area (Å²) in [7, 11) is -3.29. The van der Waals surface area contributed by atoms with E-state index in [9.17, 15) is 18.0 Å². The number of fused-ring (bicyclic) bond motifs is 1. The maximum Gasteiger partial charge on any atom is 0.251 e. The Kier molecular flexibility index (Phi) is 9.27. The smallest absolute Gasteiger partial charge is 0.251 e. The maximum atomic E-state index is 13.1. The van der Waals surface area contributed by atoms with Crippen LogP contribution in [0.1, 0.15) is 72.6 Å². The van der Waals surface area contributed by atoms with Gasteiger partial charge in [0.2, 0.25) is 5.91 Å². The highest BCUT2D eigenvalue weighted by molar-refractivity contribution is 7.91. The van der Waals surface area contributed by atoms with Gasteiger partial charge in [0.25, 0.3) is 5.91 Å². The molecule has 242 valence electrons. The van der Waals surface area contributed by atoms with Gasteiger partial charge in [0.05, 0.1) is 34.1 Å². The molecule has 6 rings (SSSR count). The summed E-state index contributed by atoms with van der Waals surface area (Å²) in [6, 6.07) is 28.4. The number of nitrogens with zero attached hydrogens (tertiary/aromatic N) is 2. The van der Waals surface area contributed by atoms with Crippen molar-refractivity contribution in [3.05, 3.63) is 113 Å². The zero-order chi connectivity index (χ0) is 33.1. The lowest BCUT2D eigenvalue weighted by molar-refractivity contribution is -0.115. The van der Waals surface area contributed by atoms with Gasteiger partial charge in [-0.05, 0) is 92.4 Å². The topological polar surface area (TPSA) is 110 Å². The van der Waals surface area contributed by atoms with Crippen molar-refractivity contribution >= 4 is 38.4 Å². The molecule has 1 fully saturated rings. The molecule has 1 unspecified atom stereocenters. The van der Waals surface area contributed by atoms with Crippen molar-refractivity contribution in [1.82, 2.24) is 14.9 Å². The first-order chi connectivity index (χ1) is 22.6. The second kappa shape index (κ2) is 13.5. The minimum atomic E-state index is -3.29. The quantitative estimate of drug-likeness (QED) is 0.166. The largest absolute Gasteiger partial charge is 0.349 e. The van der Waals surface area contributed by atoms with Crippen LogP contribution in [-0.2, 0) is 21.1 Å². The zero-order valence-electron chi connectivity index (χ0n) is 27.0. The Bertz CT molecular complexity index is 2010. The number of carbonyl (C=O) groups is 2. The summed E-state index contributed by atoms with van der Waals surface area (Å²) in [5.41, 5.74) is 6.85. The molecule has 2 amide bonds. The van der Waals surface area contributed by atoms with E-state index in [1.165, 1.54) is 5.56 Å². The van der Waals surface area contributed by atoms with Crippen molar-refractivity contribution < 1.29 is 18.0 Å². The van der Waals surface area contributed by atoms with E-state index in [-0.39, 0.29) is 41.0 Å². The summed E-state index contributed by atoms with van der Waals surface area (Å²) in [5, 5.41) is 6.12. The number of hydrogen-bond donors (Lipinski definition) is 2. The number of sulfone groups is 1. The van der Waals surface area contributed by atoms with Crippen LogP contribution in [0.4, 0.5) is 5.69 Å². The van der Waals surface area contributed by atoms with Gasteiger partial charge < -0.3 is 15.2 Å². The number of aromatic nitrogens is 2. The van der Waals surface area contributed by atoms with Crippen LogP contribution in [0.25, 0.3) is 22.4 Å². The molecule has 0 radical (unpaired) electrons. The minimum Gasteiger partial charge on any atom is -0.349 e. The van der Waals surface area contributed by atoms with Crippen LogP contribution >= 0.6 is 0 Å². The van der Waals surface area contributed by atoms with Crippen molar-refractivity contribution in [1.29, 1.82) is 0 Å². The average Bonchev–Trinajstić information content (AvgIpc) is 3.73. The molecule has 4 aromatic carbocycles. The van der Waals surface area contributed by atoms with E-state index < -0.39 is 9.84 Å². The molecule has 1 atom stereocenters. The molecular weight excluding hydrogens is 609 g/mol. The Hall–Kier alpha value is -4.76. The van der Waals surface area contributed by atoms with Gasteiger partial charge in [0, 0.05) is 22.9 Å². The highest BCUT2D eigenvalue weighted by Crippen LogP contribution is 2.33. The highest BCUT2D eigenvalue weighted by Gasteiger charge is 2.22. The molecule has 8 nitrogen and oxygen atoms in total. The van der Waals surface area contributed by atoms with Crippen LogP contribution in [0.5, 0.6) is 0 Å². The summed E-state index contributed by atoms with van der Waals surface area (Å²) < 4.78 is 26.4. The van der Waals surface area contributed by atoms with Crippen molar-refractivity contribution in [2.45, 2.75) is 69.9 Å². The number of hydrogen-bond acceptors (Lipinski definition) is 5. The number of benzene rings is 4. The first kappa shape index (κ1) is 32.2. The van der Waals surface area contributed by atoms with E-state index in [4.69, 9.17) is 4.98 Å². The summed E-state index contributed by atoms with van der Waals surface area (Å²) in [6.07, 6.45) is 4.47. The normalized spacial score (nSPS) is 14.3. The van der Waals surface area contributed by atoms with Gasteiger partial charge in [-0.2, -0.15) is 0 Å². The fourth-order valence-corrected chi connectivity index (χ4v) is 7.13. The van der Waals surface area contributed by atoms with Gasteiger partial charge in [-0.1, -0.05) is 61.7 Å². The van der Waals surface area contributed by atoms with Crippen LogP contribution in [-0.4, -0.2) is 41.6 Å². The molecule has 1 aliphatic carbocycles.